The average Bonchev–Trinajstić information content (AvgIpc) is 2.62. The van der Waals surface area contributed by atoms with Crippen LogP contribution in [-0.4, -0.2) is 9.55 Å². The topological polar surface area (TPSA) is 54.9 Å². The Morgan fingerprint density at radius 1 is 1.28 bits per heavy atom. The summed E-state index contributed by atoms with van der Waals surface area (Å²) in [6.45, 7) is 8.50. The first-order valence-electron chi connectivity index (χ1n) is 5.79. The summed E-state index contributed by atoms with van der Waals surface area (Å²) >= 11 is 5.41. The molecule has 100 valence electrons. The average molecular weight is 275 g/mol. The molecule has 1 aromatic heterocycles. The summed E-state index contributed by atoms with van der Waals surface area (Å²) in [5.41, 5.74) is -1.57. The van der Waals surface area contributed by atoms with E-state index in [0.29, 0.717) is 0 Å². The van der Waals surface area contributed by atoms with Gasteiger partial charge in [-0.1, -0.05) is 39.3 Å². The van der Waals surface area contributed by atoms with Gasteiger partial charge in [0.05, 0.1) is 0 Å². The highest BCUT2D eigenvalue weighted by molar-refractivity contribution is 6.29. The fourth-order valence-electron chi connectivity index (χ4n) is 2.66. The molecule has 0 bridgehead atoms. The molecule has 0 unspecified atom stereocenters. The first kappa shape index (κ1) is 13.3. The Hall–Kier alpha value is -1.10. The van der Waals surface area contributed by atoms with Gasteiger partial charge >= 0.3 is 5.69 Å². The molecule has 2 rings (SSSR count). The summed E-state index contributed by atoms with van der Waals surface area (Å²) in [5, 5.41) is -0.532. The summed E-state index contributed by atoms with van der Waals surface area (Å²) in [6, 6.07) is 0. The van der Waals surface area contributed by atoms with E-state index in [0.717, 1.165) is 4.57 Å². The zero-order valence-corrected chi connectivity index (χ0v) is 11.6. The van der Waals surface area contributed by atoms with Gasteiger partial charge in [0.15, 0.2) is 5.15 Å². The van der Waals surface area contributed by atoms with Gasteiger partial charge in [-0.25, -0.2) is 4.79 Å². The first-order chi connectivity index (χ1) is 8.10. The highest BCUT2D eigenvalue weighted by Crippen LogP contribution is 2.68. The normalized spacial score (nSPS) is 21.0. The Balaban J connectivity index is 2.42. The van der Waals surface area contributed by atoms with Gasteiger partial charge in [-0.15, -0.1) is 0 Å². The van der Waals surface area contributed by atoms with E-state index in [9.17, 15) is 14.0 Å². The van der Waals surface area contributed by atoms with Gasteiger partial charge < -0.3 is 0 Å². The van der Waals surface area contributed by atoms with Crippen LogP contribution in [0, 0.1) is 22.6 Å². The zero-order valence-electron chi connectivity index (χ0n) is 10.8. The predicted molar refractivity (Wildman–Crippen MR) is 67.3 cm³/mol. The van der Waals surface area contributed by atoms with Gasteiger partial charge in [-0.2, -0.15) is 4.39 Å². The molecule has 1 heterocycles. The lowest BCUT2D eigenvalue weighted by Gasteiger charge is -2.06. The van der Waals surface area contributed by atoms with Gasteiger partial charge in [0.1, 0.15) is 0 Å². The van der Waals surface area contributed by atoms with Crippen LogP contribution in [0.4, 0.5) is 4.39 Å². The summed E-state index contributed by atoms with van der Waals surface area (Å²) < 4.78 is 14.3. The first-order valence-corrected chi connectivity index (χ1v) is 6.16. The van der Waals surface area contributed by atoms with Crippen LogP contribution in [0.25, 0.3) is 0 Å². The molecule has 0 aliphatic heterocycles. The Kier molecular flexibility index (Phi) is 2.74. The maximum absolute atomic E-state index is 13.4. The Labute approximate surface area is 109 Å². The van der Waals surface area contributed by atoms with Crippen molar-refractivity contribution in [1.82, 2.24) is 9.55 Å². The van der Waals surface area contributed by atoms with Gasteiger partial charge in [0.25, 0.3) is 5.56 Å². The van der Waals surface area contributed by atoms with E-state index in [1.165, 1.54) is 0 Å². The molecule has 0 radical (unpaired) electrons. The third-order valence-electron chi connectivity index (χ3n) is 4.77. The highest BCUT2D eigenvalue weighted by atomic mass is 35.5. The molecular weight excluding hydrogens is 259 g/mol. The molecule has 1 fully saturated rings. The number of halogens is 2. The summed E-state index contributed by atoms with van der Waals surface area (Å²) in [4.78, 5) is 25.5. The number of nitrogens with one attached hydrogen (secondary N) is 1. The fourth-order valence-corrected chi connectivity index (χ4v) is 2.82. The van der Waals surface area contributed by atoms with E-state index in [1.54, 1.807) is 0 Å². The number of hydrogen-bond acceptors (Lipinski definition) is 2. The summed E-state index contributed by atoms with van der Waals surface area (Å²) in [6.07, 6.45) is 0. The lowest BCUT2D eigenvalue weighted by molar-refractivity contribution is 0.457. The number of H-pyrrole nitrogens is 1. The molecular formula is C12H16ClFN2O2. The lowest BCUT2D eigenvalue weighted by atomic mass is 10.0. The van der Waals surface area contributed by atoms with Gasteiger partial charge in [0.2, 0.25) is 5.82 Å². The predicted octanol–water partition coefficient (Wildman–Crippen LogP) is 2.01. The van der Waals surface area contributed by atoms with E-state index in [4.69, 9.17) is 11.6 Å². The van der Waals surface area contributed by atoms with Crippen LogP contribution in [0.2, 0.25) is 5.15 Å². The maximum Gasteiger partial charge on any atom is 0.329 e. The van der Waals surface area contributed by atoms with Gasteiger partial charge in [0, 0.05) is 6.54 Å². The van der Waals surface area contributed by atoms with Crippen LogP contribution < -0.4 is 11.2 Å². The molecule has 6 heteroatoms. The number of aromatic nitrogens is 2. The van der Waals surface area contributed by atoms with Crippen molar-refractivity contribution in [3.8, 4) is 0 Å². The second kappa shape index (κ2) is 3.70. The standard InChI is InChI=1S/C12H16ClFN2O2/c1-11(2)6(12(11,3)4)5-16-9(17)7(14)8(13)15-10(16)18/h6H,5H2,1-4H3,(H,15,18). The minimum atomic E-state index is -1.10. The fraction of sp³-hybridized carbons (Fsp3) is 0.667. The molecule has 0 spiro atoms. The molecule has 4 nitrogen and oxygen atoms in total. The molecule has 1 aliphatic rings. The zero-order chi connectivity index (χ0) is 13.9. The number of rotatable bonds is 2. The van der Waals surface area contributed by atoms with Crippen molar-refractivity contribution >= 4 is 11.6 Å². The third kappa shape index (κ3) is 1.64. The Morgan fingerprint density at radius 2 is 1.78 bits per heavy atom. The van der Waals surface area contributed by atoms with Crippen molar-refractivity contribution < 1.29 is 4.39 Å². The molecule has 1 aromatic rings. The summed E-state index contributed by atoms with van der Waals surface area (Å²) in [5.74, 6) is -0.947. The number of nitrogens with zero attached hydrogens (tertiary/aromatic N) is 1. The van der Waals surface area contributed by atoms with Crippen molar-refractivity contribution in [1.29, 1.82) is 0 Å². The molecule has 0 saturated heterocycles. The highest BCUT2D eigenvalue weighted by Gasteiger charge is 2.64. The van der Waals surface area contributed by atoms with Crippen LogP contribution in [0.1, 0.15) is 27.7 Å². The van der Waals surface area contributed by atoms with Crippen molar-refractivity contribution in [2.75, 3.05) is 0 Å². The Bertz CT molecular complexity index is 601. The molecule has 0 amide bonds. The SMILES string of the molecule is CC1(C)C(Cn2c(=O)[nH]c(Cl)c(F)c2=O)C1(C)C. The van der Waals surface area contributed by atoms with Crippen molar-refractivity contribution in [2.24, 2.45) is 16.7 Å². The van der Waals surface area contributed by atoms with E-state index in [2.05, 4.69) is 32.7 Å². The second-order valence-corrected chi connectivity index (χ2v) is 6.35. The third-order valence-corrected chi connectivity index (χ3v) is 5.03. The molecule has 1 aliphatic carbocycles. The second-order valence-electron chi connectivity index (χ2n) is 5.97. The van der Waals surface area contributed by atoms with Crippen LogP contribution in [0.3, 0.4) is 0 Å². The molecule has 1 saturated carbocycles. The lowest BCUT2D eigenvalue weighted by Crippen LogP contribution is -2.38. The van der Waals surface area contributed by atoms with E-state index in [1.807, 2.05) is 0 Å². The largest absolute Gasteiger partial charge is 0.329 e. The van der Waals surface area contributed by atoms with Crippen LogP contribution >= 0.6 is 11.6 Å². The minimum Gasteiger partial charge on any atom is -0.295 e. The van der Waals surface area contributed by atoms with Gasteiger partial charge in [-0.3, -0.25) is 14.3 Å². The van der Waals surface area contributed by atoms with E-state index >= 15 is 0 Å². The Morgan fingerprint density at radius 3 is 2.22 bits per heavy atom. The monoisotopic (exact) mass is 274 g/mol. The van der Waals surface area contributed by atoms with E-state index < -0.39 is 22.2 Å². The van der Waals surface area contributed by atoms with E-state index in [-0.39, 0.29) is 23.3 Å². The molecule has 0 atom stereocenters. The van der Waals surface area contributed by atoms with Gasteiger partial charge in [-0.05, 0) is 16.7 Å². The van der Waals surface area contributed by atoms with Crippen LogP contribution in [-0.2, 0) is 6.54 Å². The summed E-state index contributed by atoms with van der Waals surface area (Å²) in [7, 11) is 0. The van der Waals surface area contributed by atoms with Crippen molar-refractivity contribution in [2.45, 2.75) is 34.2 Å². The molecule has 1 N–H and O–H groups in total. The van der Waals surface area contributed by atoms with Crippen LogP contribution in [0.5, 0.6) is 0 Å². The van der Waals surface area contributed by atoms with Crippen molar-refractivity contribution in [3.63, 3.8) is 0 Å². The molecule has 18 heavy (non-hydrogen) atoms. The maximum atomic E-state index is 13.4. The molecule has 0 aromatic carbocycles. The quantitative estimate of drug-likeness (QED) is 0.839. The minimum absolute atomic E-state index is 0.0228. The van der Waals surface area contributed by atoms with Crippen LogP contribution in [0.15, 0.2) is 9.59 Å². The number of hydrogen-bond donors (Lipinski definition) is 1. The number of aromatic amines is 1. The smallest absolute Gasteiger partial charge is 0.295 e. The van der Waals surface area contributed by atoms with Crippen molar-refractivity contribution in [3.05, 3.63) is 31.8 Å².